The van der Waals surface area contributed by atoms with Crippen LogP contribution in [-0.4, -0.2) is 19.7 Å². The molecule has 0 radical (unpaired) electrons. The third-order valence-corrected chi connectivity index (χ3v) is 3.76. The van der Waals surface area contributed by atoms with Crippen molar-refractivity contribution < 1.29 is 5.11 Å². The van der Waals surface area contributed by atoms with Crippen molar-refractivity contribution in [3.63, 3.8) is 0 Å². The molecule has 0 fully saturated rings. The van der Waals surface area contributed by atoms with E-state index in [1.165, 1.54) is 0 Å². The lowest BCUT2D eigenvalue weighted by Gasteiger charge is -2.14. The molecule has 108 valence electrons. The molecule has 0 aliphatic carbocycles. The van der Waals surface area contributed by atoms with Gasteiger partial charge in [-0.3, -0.25) is 4.40 Å². The number of pyridine rings is 1. The molecule has 2 N–H and O–H groups in total. The summed E-state index contributed by atoms with van der Waals surface area (Å²) >= 11 is 6.10. The van der Waals surface area contributed by atoms with Crippen LogP contribution in [0.5, 0.6) is 5.75 Å². The smallest absolute Gasteiger partial charge is 0.160 e. The minimum Gasteiger partial charge on any atom is -0.508 e. The van der Waals surface area contributed by atoms with E-state index in [0.29, 0.717) is 17.1 Å². The predicted molar refractivity (Wildman–Crippen MR) is 81.4 cm³/mol. The standard InChI is InChI=1S/C15H15ClN4O/c1-10(15-19-18-14-7-2-3-8-20(14)15)17-9-11-12(16)5-4-6-13(11)21/h2-8,10,17,21H,9H2,1H3. The molecule has 0 aliphatic heterocycles. The maximum Gasteiger partial charge on any atom is 0.160 e. The second kappa shape index (κ2) is 5.71. The summed E-state index contributed by atoms with van der Waals surface area (Å²) in [6.07, 6.45) is 1.93. The Balaban J connectivity index is 1.79. The lowest BCUT2D eigenvalue weighted by molar-refractivity contribution is 0.458. The molecule has 3 aromatic rings. The highest BCUT2D eigenvalue weighted by Gasteiger charge is 2.14. The Kier molecular flexibility index (Phi) is 3.77. The van der Waals surface area contributed by atoms with Crippen molar-refractivity contribution in [1.82, 2.24) is 19.9 Å². The van der Waals surface area contributed by atoms with E-state index in [1.54, 1.807) is 18.2 Å². The molecule has 2 heterocycles. The Labute approximate surface area is 127 Å². The Bertz CT molecular complexity index is 751. The van der Waals surface area contributed by atoms with Crippen LogP contribution < -0.4 is 5.32 Å². The SMILES string of the molecule is CC(NCc1c(O)cccc1Cl)c1nnc2ccccn12. The first-order valence-corrected chi connectivity index (χ1v) is 7.04. The van der Waals surface area contributed by atoms with Crippen LogP contribution in [0.2, 0.25) is 5.02 Å². The Morgan fingerprint density at radius 3 is 2.90 bits per heavy atom. The van der Waals surface area contributed by atoms with Crippen LogP contribution in [0, 0.1) is 0 Å². The minimum atomic E-state index is -0.0296. The predicted octanol–water partition coefficient (Wildman–Crippen LogP) is 2.94. The summed E-state index contributed by atoms with van der Waals surface area (Å²) in [5.74, 6) is 1.01. The average Bonchev–Trinajstić information content (AvgIpc) is 2.90. The van der Waals surface area contributed by atoms with E-state index in [2.05, 4.69) is 15.5 Å². The van der Waals surface area contributed by atoms with E-state index >= 15 is 0 Å². The summed E-state index contributed by atoms with van der Waals surface area (Å²) in [6.45, 7) is 2.45. The number of nitrogens with one attached hydrogen (secondary N) is 1. The highest BCUT2D eigenvalue weighted by molar-refractivity contribution is 6.31. The molecular weight excluding hydrogens is 288 g/mol. The normalized spacial score (nSPS) is 12.7. The fourth-order valence-electron chi connectivity index (χ4n) is 2.22. The molecule has 6 heteroatoms. The van der Waals surface area contributed by atoms with Crippen LogP contribution in [0.25, 0.3) is 5.65 Å². The highest BCUT2D eigenvalue weighted by Crippen LogP contribution is 2.25. The maximum absolute atomic E-state index is 9.85. The highest BCUT2D eigenvalue weighted by atomic mass is 35.5. The van der Waals surface area contributed by atoms with Crippen LogP contribution in [0.4, 0.5) is 0 Å². The Hall–Kier alpha value is -2.11. The van der Waals surface area contributed by atoms with E-state index in [0.717, 1.165) is 11.5 Å². The number of phenolic OH excluding ortho intramolecular Hbond substituents is 1. The number of halogens is 1. The number of hydrogen-bond donors (Lipinski definition) is 2. The van der Waals surface area contributed by atoms with E-state index in [1.807, 2.05) is 35.7 Å². The molecule has 21 heavy (non-hydrogen) atoms. The molecule has 0 bridgehead atoms. The third-order valence-electron chi connectivity index (χ3n) is 3.41. The summed E-state index contributed by atoms with van der Waals surface area (Å²) in [5.41, 5.74) is 1.49. The van der Waals surface area contributed by atoms with Crippen molar-refractivity contribution in [2.45, 2.75) is 19.5 Å². The van der Waals surface area contributed by atoms with Gasteiger partial charge in [-0.1, -0.05) is 23.7 Å². The van der Waals surface area contributed by atoms with Crippen LogP contribution >= 0.6 is 11.6 Å². The van der Waals surface area contributed by atoms with Crippen molar-refractivity contribution in [3.05, 3.63) is 59.0 Å². The van der Waals surface area contributed by atoms with Crippen molar-refractivity contribution in [2.24, 2.45) is 0 Å². The zero-order valence-corrected chi connectivity index (χ0v) is 12.2. The fraction of sp³-hybridized carbons (Fsp3) is 0.200. The first-order valence-electron chi connectivity index (χ1n) is 6.66. The number of nitrogens with zero attached hydrogens (tertiary/aromatic N) is 3. The molecule has 0 saturated carbocycles. The first kappa shape index (κ1) is 13.9. The van der Waals surface area contributed by atoms with E-state index in [9.17, 15) is 5.11 Å². The number of aromatic nitrogens is 3. The minimum absolute atomic E-state index is 0.0296. The van der Waals surface area contributed by atoms with Gasteiger partial charge in [-0.15, -0.1) is 10.2 Å². The van der Waals surface area contributed by atoms with Crippen molar-refractivity contribution in [3.8, 4) is 5.75 Å². The van der Waals surface area contributed by atoms with Gasteiger partial charge in [0, 0.05) is 23.3 Å². The lowest BCUT2D eigenvalue weighted by atomic mass is 10.2. The van der Waals surface area contributed by atoms with Gasteiger partial charge >= 0.3 is 0 Å². The molecule has 0 spiro atoms. The van der Waals surface area contributed by atoms with Gasteiger partial charge < -0.3 is 10.4 Å². The number of hydrogen-bond acceptors (Lipinski definition) is 4. The van der Waals surface area contributed by atoms with Crippen LogP contribution in [0.1, 0.15) is 24.4 Å². The van der Waals surface area contributed by atoms with Crippen molar-refractivity contribution >= 4 is 17.2 Å². The van der Waals surface area contributed by atoms with Gasteiger partial charge in [0.25, 0.3) is 0 Å². The van der Waals surface area contributed by atoms with Crippen molar-refractivity contribution in [1.29, 1.82) is 0 Å². The quantitative estimate of drug-likeness (QED) is 0.778. The van der Waals surface area contributed by atoms with E-state index in [4.69, 9.17) is 11.6 Å². The number of aromatic hydroxyl groups is 1. The molecule has 1 unspecified atom stereocenters. The molecule has 0 saturated heterocycles. The van der Waals surface area contributed by atoms with Gasteiger partial charge in [-0.05, 0) is 31.2 Å². The fourth-order valence-corrected chi connectivity index (χ4v) is 2.46. The second-order valence-corrected chi connectivity index (χ2v) is 5.23. The number of phenols is 1. The summed E-state index contributed by atoms with van der Waals surface area (Å²) < 4.78 is 1.93. The van der Waals surface area contributed by atoms with Gasteiger partial charge in [-0.2, -0.15) is 0 Å². The Morgan fingerprint density at radius 2 is 2.10 bits per heavy atom. The van der Waals surface area contributed by atoms with Gasteiger partial charge in [0.2, 0.25) is 0 Å². The molecule has 1 atom stereocenters. The maximum atomic E-state index is 9.85. The van der Waals surface area contributed by atoms with E-state index < -0.39 is 0 Å². The van der Waals surface area contributed by atoms with Gasteiger partial charge in [0.05, 0.1) is 6.04 Å². The third kappa shape index (κ3) is 2.70. The molecular formula is C15H15ClN4O. The van der Waals surface area contributed by atoms with Crippen molar-refractivity contribution in [2.75, 3.05) is 0 Å². The largest absolute Gasteiger partial charge is 0.508 e. The van der Waals surface area contributed by atoms with E-state index in [-0.39, 0.29) is 11.8 Å². The average molecular weight is 303 g/mol. The van der Waals surface area contributed by atoms with Gasteiger partial charge in [0.15, 0.2) is 11.5 Å². The number of fused-ring (bicyclic) bond motifs is 1. The summed E-state index contributed by atoms with van der Waals surface area (Å²) in [4.78, 5) is 0. The topological polar surface area (TPSA) is 62.5 Å². The van der Waals surface area contributed by atoms with Crippen LogP contribution in [0.3, 0.4) is 0 Å². The van der Waals surface area contributed by atoms with Crippen LogP contribution in [-0.2, 0) is 6.54 Å². The monoisotopic (exact) mass is 302 g/mol. The molecule has 2 aromatic heterocycles. The lowest BCUT2D eigenvalue weighted by Crippen LogP contribution is -2.20. The molecule has 1 aromatic carbocycles. The summed E-state index contributed by atoms with van der Waals surface area (Å²) in [6, 6.07) is 10.8. The first-order chi connectivity index (χ1) is 10.2. The summed E-state index contributed by atoms with van der Waals surface area (Å²) in [5, 5.41) is 22.0. The van der Waals surface area contributed by atoms with Crippen LogP contribution in [0.15, 0.2) is 42.6 Å². The molecule has 0 aliphatic rings. The zero-order valence-electron chi connectivity index (χ0n) is 11.5. The number of benzene rings is 1. The molecule has 0 amide bonds. The molecule has 5 nitrogen and oxygen atoms in total. The second-order valence-electron chi connectivity index (χ2n) is 4.83. The zero-order chi connectivity index (χ0) is 14.8. The molecule has 3 rings (SSSR count). The summed E-state index contributed by atoms with van der Waals surface area (Å²) in [7, 11) is 0. The number of rotatable bonds is 4. The van der Waals surface area contributed by atoms with Gasteiger partial charge in [-0.25, -0.2) is 0 Å². The van der Waals surface area contributed by atoms with Gasteiger partial charge in [0.1, 0.15) is 5.75 Å². The Morgan fingerprint density at radius 1 is 1.24 bits per heavy atom.